The molecule has 0 aliphatic heterocycles. The van der Waals surface area contributed by atoms with E-state index in [9.17, 15) is 0 Å². The Hall–Kier alpha value is -0.461. The van der Waals surface area contributed by atoms with Crippen molar-refractivity contribution in [2.45, 2.75) is 0 Å². The number of hydrogen-bond acceptors (Lipinski definition) is 6. The summed E-state index contributed by atoms with van der Waals surface area (Å²) in [6.45, 7) is 0. The van der Waals surface area contributed by atoms with Crippen LogP contribution in [0.5, 0.6) is 0 Å². The first-order valence-electron chi connectivity index (χ1n) is 1.22. The van der Waals surface area contributed by atoms with Gasteiger partial charge in [-0.15, -0.1) is 0 Å². The van der Waals surface area contributed by atoms with E-state index in [1.807, 2.05) is 0 Å². The summed E-state index contributed by atoms with van der Waals surface area (Å²) in [5, 5.41) is 33.3. The fourth-order valence-electron chi connectivity index (χ4n) is 0. The fourth-order valence-corrected chi connectivity index (χ4v) is 0. The Morgan fingerprint density at radius 1 is 0.727 bits per heavy atom. The molecule has 0 heterocycles. The van der Waals surface area contributed by atoms with Gasteiger partial charge in [-0.05, 0) is 12.3 Å². The van der Waals surface area contributed by atoms with E-state index < -0.39 is 12.3 Å². The zero-order valence-electron chi connectivity index (χ0n) is 4.55. The van der Waals surface area contributed by atoms with Gasteiger partial charge in [0.2, 0.25) is 0 Å². The molecule has 9 heteroatoms. The van der Waals surface area contributed by atoms with E-state index >= 15 is 0 Å². The Morgan fingerprint density at radius 3 is 0.727 bits per heavy atom. The molecule has 74 valence electrons. The Kier molecular flexibility index (Phi) is 64.4. The molecule has 0 aromatic heterocycles. The third-order valence-electron chi connectivity index (χ3n) is 0. The van der Waals surface area contributed by atoms with Crippen LogP contribution in [0.1, 0.15) is 0 Å². The SMILES string of the molecule is O.O=C([O-])[O-].O=C([O-])[O-].[Cu+2].[Cu+2]. The first kappa shape index (κ1) is 31.3. The molecule has 0 spiro atoms. The number of carbonyl (C=O) groups is 2. The minimum atomic E-state index is -2.33. The smallest absolute Gasteiger partial charge is 0.652 e. The molecule has 0 bridgehead atoms. The molecule has 0 rings (SSSR count). The van der Waals surface area contributed by atoms with Crippen LogP contribution in [-0.2, 0) is 34.1 Å². The van der Waals surface area contributed by atoms with Crippen molar-refractivity contribution in [1.82, 2.24) is 0 Å². The third kappa shape index (κ3) is 2550. The largest absolute Gasteiger partial charge is 2.00 e. The van der Waals surface area contributed by atoms with Crippen LogP contribution in [0, 0.1) is 0 Å². The zero-order valence-corrected chi connectivity index (χ0v) is 6.44. The van der Waals surface area contributed by atoms with E-state index in [1.165, 1.54) is 0 Å². The van der Waals surface area contributed by atoms with Crippen LogP contribution < -0.4 is 20.4 Å². The van der Waals surface area contributed by atoms with Gasteiger partial charge in [-0.25, -0.2) is 0 Å². The van der Waals surface area contributed by atoms with Crippen molar-refractivity contribution >= 4 is 12.3 Å². The molecular formula is C2H2Cu2O7. The summed E-state index contributed by atoms with van der Waals surface area (Å²) in [4.78, 5) is 16.7. The molecule has 0 unspecified atom stereocenters. The van der Waals surface area contributed by atoms with Crippen LogP contribution in [-0.4, -0.2) is 17.8 Å². The van der Waals surface area contributed by atoms with E-state index in [2.05, 4.69) is 0 Å². The van der Waals surface area contributed by atoms with Crippen LogP contribution in [0.25, 0.3) is 0 Å². The van der Waals surface area contributed by atoms with Crippen LogP contribution in [0.3, 0.4) is 0 Å². The normalized spacial score (nSPS) is 4.36. The molecule has 0 aliphatic rings. The van der Waals surface area contributed by atoms with E-state index in [0.717, 1.165) is 0 Å². The van der Waals surface area contributed by atoms with Crippen LogP contribution in [0.4, 0.5) is 9.59 Å². The summed E-state index contributed by atoms with van der Waals surface area (Å²) < 4.78 is 0. The maximum atomic E-state index is 8.33. The topological polar surface area (TPSA) is 158 Å². The van der Waals surface area contributed by atoms with Gasteiger partial charge in [0, 0.05) is 0 Å². The monoisotopic (exact) mass is 264 g/mol. The van der Waals surface area contributed by atoms with Gasteiger partial charge >= 0.3 is 34.1 Å². The van der Waals surface area contributed by atoms with Gasteiger partial charge in [0.05, 0.1) is 0 Å². The molecular weight excluding hydrogens is 263 g/mol. The molecule has 0 saturated carbocycles. The Morgan fingerprint density at radius 2 is 0.727 bits per heavy atom. The number of carbonyl (C=O) groups excluding carboxylic acids is 2. The second-order valence-corrected chi connectivity index (χ2v) is 0.500. The first-order valence-corrected chi connectivity index (χ1v) is 1.22. The molecule has 0 saturated heterocycles. The summed E-state index contributed by atoms with van der Waals surface area (Å²) in [5.41, 5.74) is 0. The molecule has 0 atom stereocenters. The van der Waals surface area contributed by atoms with Gasteiger partial charge in [-0.3, -0.25) is 0 Å². The third-order valence-corrected chi connectivity index (χ3v) is 0. The molecule has 0 amide bonds. The molecule has 7 nitrogen and oxygen atoms in total. The van der Waals surface area contributed by atoms with E-state index in [0.29, 0.717) is 0 Å². The molecule has 0 aromatic carbocycles. The standard InChI is InChI=1S/2CH2O3.2Cu.H2O/c2*2-1(3)4;;;/h2*(H2,2,3,4);;;1H2/q;;2*+2;/p-4. The maximum Gasteiger partial charge on any atom is 2.00 e. The van der Waals surface area contributed by atoms with Crippen molar-refractivity contribution in [3.8, 4) is 0 Å². The molecule has 0 aliphatic carbocycles. The fraction of sp³-hybridized carbons (Fsp3) is 0. The van der Waals surface area contributed by atoms with Gasteiger partial charge in [-0.1, -0.05) is 0 Å². The Labute approximate surface area is 82.3 Å². The first-order chi connectivity index (χ1) is 3.46. The van der Waals surface area contributed by atoms with E-state index in [4.69, 9.17) is 30.0 Å². The maximum absolute atomic E-state index is 8.33. The van der Waals surface area contributed by atoms with Gasteiger partial charge in [0.25, 0.3) is 0 Å². The van der Waals surface area contributed by atoms with Gasteiger partial charge in [0.15, 0.2) is 0 Å². The van der Waals surface area contributed by atoms with Crippen molar-refractivity contribution < 1.29 is 69.6 Å². The van der Waals surface area contributed by atoms with E-state index in [1.54, 1.807) is 0 Å². The van der Waals surface area contributed by atoms with Crippen LogP contribution >= 0.6 is 0 Å². The minimum absolute atomic E-state index is 0. The average Bonchev–Trinajstić information content (AvgIpc) is 1.25. The number of carboxylic acid groups (broad SMARTS) is 4. The number of hydrogen-bond donors (Lipinski definition) is 0. The van der Waals surface area contributed by atoms with E-state index in [-0.39, 0.29) is 39.6 Å². The molecule has 2 radical (unpaired) electrons. The summed E-state index contributed by atoms with van der Waals surface area (Å²) >= 11 is 0. The van der Waals surface area contributed by atoms with Crippen molar-refractivity contribution in [2.75, 3.05) is 0 Å². The molecule has 11 heavy (non-hydrogen) atoms. The second-order valence-electron chi connectivity index (χ2n) is 0.500. The summed E-state index contributed by atoms with van der Waals surface area (Å²) in [6, 6.07) is 0. The van der Waals surface area contributed by atoms with Gasteiger partial charge in [0.1, 0.15) is 0 Å². The summed E-state index contributed by atoms with van der Waals surface area (Å²) in [6.07, 6.45) is -4.67. The van der Waals surface area contributed by atoms with Crippen molar-refractivity contribution in [2.24, 2.45) is 0 Å². The predicted molar refractivity (Wildman–Crippen MR) is 14.4 cm³/mol. The van der Waals surface area contributed by atoms with Crippen molar-refractivity contribution in [3.05, 3.63) is 0 Å². The number of rotatable bonds is 0. The average molecular weight is 265 g/mol. The van der Waals surface area contributed by atoms with Gasteiger partial charge in [-0.2, -0.15) is 0 Å². The predicted octanol–water partition coefficient (Wildman–Crippen LogP) is -5.72. The molecule has 2 N–H and O–H groups in total. The zero-order chi connectivity index (χ0) is 7.15. The Balaban J connectivity index is -0.0000000171. The quantitative estimate of drug-likeness (QED) is 0.397. The Bertz CT molecular complexity index is 72.4. The minimum Gasteiger partial charge on any atom is -0.652 e. The summed E-state index contributed by atoms with van der Waals surface area (Å²) in [7, 11) is 0. The summed E-state index contributed by atoms with van der Waals surface area (Å²) in [5.74, 6) is 0. The van der Waals surface area contributed by atoms with Crippen LogP contribution in [0.15, 0.2) is 0 Å². The molecule has 0 aromatic rings. The van der Waals surface area contributed by atoms with Crippen LogP contribution in [0.2, 0.25) is 0 Å². The van der Waals surface area contributed by atoms with Gasteiger partial charge < -0.3 is 35.5 Å². The van der Waals surface area contributed by atoms with Crippen molar-refractivity contribution in [1.29, 1.82) is 0 Å². The molecule has 0 fully saturated rings. The van der Waals surface area contributed by atoms with Crippen molar-refractivity contribution in [3.63, 3.8) is 0 Å². The second kappa shape index (κ2) is 22.7.